The van der Waals surface area contributed by atoms with Crippen LogP contribution in [0.5, 0.6) is 0 Å². The molecule has 0 N–H and O–H groups in total. The molecule has 0 amide bonds. The molecule has 2 aliphatic heterocycles. The number of rotatable bonds is 0. The second kappa shape index (κ2) is 2.91. The molecule has 3 fully saturated rings. The smallest absolute Gasteiger partial charge is 0.145 e. The molecule has 1 saturated carbocycles. The van der Waals surface area contributed by atoms with E-state index in [0.717, 1.165) is 12.8 Å². The van der Waals surface area contributed by atoms with Gasteiger partial charge in [0, 0.05) is 11.8 Å². The summed E-state index contributed by atoms with van der Waals surface area (Å²) in [6.07, 6.45) is 4.94. The minimum atomic E-state index is -0.356. The van der Waals surface area contributed by atoms with Crippen LogP contribution in [0.3, 0.4) is 0 Å². The van der Waals surface area contributed by atoms with Crippen LogP contribution in [0.4, 0.5) is 0 Å². The lowest BCUT2D eigenvalue weighted by Crippen LogP contribution is -2.62. The summed E-state index contributed by atoms with van der Waals surface area (Å²) >= 11 is 0. The van der Waals surface area contributed by atoms with Gasteiger partial charge in [0.2, 0.25) is 0 Å². The van der Waals surface area contributed by atoms with E-state index in [9.17, 15) is 4.79 Å². The van der Waals surface area contributed by atoms with Gasteiger partial charge in [0.1, 0.15) is 11.4 Å². The first-order valence-electron chi connectivity index (χ1n) is 6.94. The maximum absolute atomic E-state index is 12.6. The Morgan fingerprint density at radius 3 is 2.78 bits per heavy atom. The van der Waals surface area contributed by atoms with Crippen LogP contribution in [0.1, 0.15) is 40.0 Å². The first kappa shape index (κ1) is 11.2. The molecule has 2 bridgehead atoms. The molecule has 5 atom stereocenters. The van der Waals surface area contributed by atoms with Crippen molar-refractivity contribution in [2.75, 3.05) is 6.61 Å². The standard InChI is InChI=1S/C15H20O3/c1-9-4-5-13(2)11(6-9)18-12-7-10(16)14(13,3)15(12)8-17-15/h6,11-12H,4-5,7-8H2,1-3H3/t11-,12-,13+,14-,15+/m1/s1. The molecule has 4 aliphatic rings. The third-order valence-corrected chi connectivity index (χ3v) is 6.31. The van der Waals surface area contributed by atoms with Gasteiger partial charge in [0.25, 0.3) is 0 Å². The molecule has 18 heavy (non-hydrogen) atoms. The molecule has 3 nitrogen and oxygen atoms in total. The molecule has 0 aromatic carbocycles. The lowest BCUT2D eigenvalue weighted by Gasteiger charge is -2.55. The Morgan fingerprint density at radius 2 is 2.11 bits per heavy atom. The highest BCUT2D eigenvalue weighted by atomic mass is 16.6. The normalized spacial score (nSPS) is 57.5. The average molecular weight is 248 g/mol. The van der Waals surface area contributed by atoms with Crippen LogP contribution in [0.2, 0.25) is 0 Å². The fraction of sp³-hybridized carbons (Fsp3) is 0.800. The number of hydrogen-bond acceptors (Lipinski definition) is 3. The van der Waals surface area contributed by atoms with Crippen molar-refractivity contribution in [3.8, 4) is 0 Å². The van der Waals surface area contributed by atoms with E-state index in [1.807, 2.05) is 0 Å². The summed E-state index contributed by atoms with van der Waals surface area (Å²) in [6, 6.07) is 0. The summed E-state index contributed by atoms with van der Waals surface area (Å²) in [6.45, 7) is 7.22. The molecular weight excluding hydrogens is 228 g/mol. The molecule has 3 heteroatoms. The van der Waals surface area contributed by atoms with Crippen molar-refractivity contribution in [1.29, 1.82) is 0 Å². The lowest BCUT2D eigenvalue weighted by atomic mass is 9.52. The Bertz CT molecular complexity index is 476. The van der Waals surface area contributed by atoms with Crippen LogP contribution in [-0.4, -0.2) is 30.2 Å². The highest BCUT2D eigenvalue weighted by Crippen LogP contribution is 2.69. The molecule has 0 aromatic rings. The number of epoxide rings is 1. The van der Waals surface area contributed by atoms with Crippen molar-refractivity contribution in [3.63, 3.8) is 0 Å². The first-order chi connectivity index (χ1) is 8.44. The third-order valence-electron chi connectivity index (χ3n) is 6.31. The van der Waals surface area contributed by atoms with Crippen molar-refractivity contribution in [2.24, 2.45) is 10.8 Å². The van der Waals surface area contributed by atoms with Gasteiger partial charge >= 0.3 is 0 Å². The number of carbonyl (C=O) groups is 1. The molecule has 1 spiro atoms. The average Bonchev–Trinajstić information content (AvgIpc) is 3.08. The van der Waals surface area contributed by atoms with Crippen molar-refractivity contribution < 1.29 is 14.3 Å². The van der Waals surface area contributed by atoms with E-state index in [0.29, 0.717) is 18.8 Å². The predicted molar refractivity (Wildman–Crippen MR) is 66.2 cm³/mol. The van der Waals surface area contributed by atoms with E-state index in [2.05, 4.69) is 26.8 Å². The van der Waals surface area contributed by atoms with Gasteiger partial charge < -0.3 is 9.47 Å². The summed E-state index contributed by atoms with van der Waals surface area (Å²) in [5.41, 5.74) is 0.632. The first-order valence-corrected chi connectivity index (χ1v) is 6.94. The number of ether oxygens (including phenoxy) is 2. The number of fused-ring (bicyclic) bond motifs is 2. The maximum Gasteiger partial charge on any atom is 0.145 e. The van der Waals surface area contributed by atoms with Gasteiger partial charge in [-0.1, -0.05) is 18.6 Å². The number of carbonyl (C=O) groups excluding carboxylic acids is 1. The van der Waals surface area contributed by atoms with Gasteiger partial charge in [0.05, 0.1) is 24.2 Å². The Morgan fingerprint density at radius 1 is 1.39 bits per heavy atom. The predicted octanol–water partition coefficient (Wildman–Crippen LogP) is 2.25. The minimum Gasteiger partial charge on any atom is -0.367 e. The van der Waals surface area contributed by atoms with E-state index < -0.39 is 0 Å². The molecule has 2 aliphatic carbocycles. The molecule has 0 unspecified atom stereocenters. The Balaban J connectivity index is 1.90. The zero-order valence-corrected chi connectivity index (χ0v) is 11.3. The van der Waals surface area contributed by atoms with Crippen LogP contribution in [0.25, 0.3) is 0 Å². The second-order valence-corrected chi connectivity index (χ2v) is 6.91. The Hall–Kier alpha value is -0.670. The largest absolute Gasteiger partial charge is 0.367 e. The number of allylic oxidation sites excluding steroid dienone is 1. The van der Waals surface area contributed by atoms with Crippen LogP contribution in [-0.2, 0) is 14.3 Å². The van der Waals surface area contributed by atoms with Gasteiger partial charge in [-0.15, -0.1) is 0 Å². The summed E-state index contributed by atoms with van der Waals surface area (Å²) in [5.74, 6) is 0.350. The molecule has 2 heterocycles. The SMILES string of the molecule is CC1=C[C@H]2O[C@@H]3CC(=O)[C@](C)([C@@]2(C)CC1)[C@]31CO1. The monoisotopic (exact) mass is 248 g/mol. The van der Waals surface area contributed by atoms with Gasteiger partial charge in [-0.25, -0.2) is 0 Å². The number of hydrogen-bond donors (Lipinski definition) is 0. The molecular formula is C15H20O3. The maximum atomic E-state index is 12.6. The quantitative estimate of drug-likeness (QED) is 0.487. The Labute approximate surface area is 108 Å². The molecule has 0 aromatic heterocycles. The topological polar surface area (TPSA) is 38.8 Å². The number of ketones is 1. The highest BCUT2D eigenvalue weighted by molar-refractivity contribution is 5.92. The van der Waals surface area contributed by atoms with Crippen LogP contribution < -0.4 is 0 Å². The van der Waals surface area contributed by atoms with E-state index in [1.54, 1.807) is 0 Å². The van der Waals surface area contributed by atoms with Crippen molar-refractivity contribution >= 4 is 5.78 Å². The number of Topliss-reactive ketones (excluding diaryl/α,β-unsaturated/α-hetero) is 1. The van der Waals surface area contributed by atoms with Crippen LogP contribution in [0, 0.1) is 10.8 Å². The third kappa shape index (κ3) is 0.925. The zero-order valence-electron chi connectivity index (χ0n) is 11.3. The minimum absolute atomic E-state index is 0.0183. The van der Waals surface area contributed by atoms with Crippen molar-refractivity contribution in [2.45, 2.75) is 57.8 Å². The lowest BCUT2D eigenvalue weighted by molar-refractivity contribution is -0.191. The van der Waals surface area contributed by atoms with E-state index in [4.69, 9.17) is 9.47 Å². The summed E-state index contributed by atoms with van der Waals surface area (Å²) in [7, 11) is 0. The van der Waals surface area contributed by atoms with Gasteiger partial charge in [-0.3, -0.25) is 4.79 Å². The molecule has 98 valence electrons. The summed E-state index contributed by atoms with van der Waals surface area (Å²) in [5, 5.41) is 0. The fourth-order valence-corrected chi connectivity index (χ4v) is 4.63. The van der Waals surface area contributed by atoms with Gasteiger partial charge in [-0.05, 0) is 26.7 Å². The van der Waals surface area contributed by atoms with Crippen LogP contribution >= 0.6 is 0 Å². The van der Waals surface area contributed by atoms with E-state index >= 15 is 0 Å². The molecule has 4 rings (SSSR count). The van der Waals surface area contributed by atoms with Gasteiger partial charge in [-0.2, -0.15) is 0 Å². The molecule has 2 saturated heterocycles. The second-order valence-electron chi connectivity index (χ2n) is 6.91. The Kier molecular flexibility index (Phi) is 1.81. The fourth-order valence-electron chi connectivity index (χ4n) is 4.63. The van der Waals surface area contributed by atoms with Crippen molar-refractivity contribution in [3.05, 3.63) is 11.6 Å². The zero-order chi connectivity index (χ0) is 12.8. The summed E-state index contributed by atoms with van der Waals surface area (Å²) in [4.78, 5) is 12.6. The van der Waals surface area contributed by atoms with E-state index in [-0.39, 0.29) is 28.6 Å². The van der Waals surface area contributed by atoms with Crippen molar-refractivity contribution in [1.82, 2.24) is 0 Å². The van der Waals surface area contributed by atoms with Crippen LogP contribution in [0.15, 0.2) is 11.6 Å². The van der Waals surface area contributed by atoms with E-state index in [1.165, 1.54) is 5.57 Å². The molecule has 0 radical (unpaired) electrons. The van der Waals surface area contributed by atoms with Gasteiger partial charge in [0.15, 0.2) is 0 Å². The summed E-state index contributed by atoms with van der Waals surface area (Å²) < 4.78 is 12.0. The highest BCUT2D eigenvalue weighted by Gasteiger charge is 2.80.